The van der Waals surface area contributed by atoms with Gasteiger partial charge in [0, 0.05) is 6.42 Å². The number of benzene rings is 1. The van der Waals surface area contributed by atoms with E-state index in [9.17, 15) is 4.79 Å². The fraction of sp³-hybridized carbons (Fsp3) is 0.588. The number of nitrogens with one attached hydrogen (secondary N) is 1. The summed E-state index contributed by atoms with van der Waals surface area (Å²) in [6.07, 6.45) is 2.30. The molecule has 1 fully saturated rings. The van der Waals surface area contributed by atoms with Gasteiger partial charge in [0.05, 0.1) is 6.61 Å². The molecule has 0 heterocycles. The Morgan fingerprint density at radius 1 is 1.43 bits per heavy atom. The molecule has 4 heteroatoms. The molecule has 0 saturated heterocycles. The molecule has 2 rings (SSSR count). The summed E-state index contributed by atoms with van der Waals surface area (Å²) in [6, 6.07) is 6.17. The Morgan fingerprint density at radius 3 is 2.81 bits per heavy atom. The fourth-order valence-corrected chi connectivity index (χ4v) is 3.00. The minimum Gasteiger partial charge on any atom is -0.490 e. The topological polar surface area (TPSA) is 47.6 Å². The van der Waals surface area contributed by atoms with Crippen LogP contribution < -0.4 is 10.1 Å². The lowest BCUT2D eigenvalue weighted by Crippen LogP contribution is -2.49. The molecule has 0 amide bonds. The van der Waals surface area contributed by atoms with Gasteiger partial charge in [0.25, 0.3) is 0 Å². The van der Waals surface area contributed by atoms with Crippen LogP contribution in [0.2, 0.25) is 0 Å². The van der Waals surface area contributed by atoms with Crippen LogP contribution in [-0.4, -0.2) is 31.3 Å². The standard InChI is InChI=1S/C17H25NO3/c1-5-20-16(19)17(18-4)9-8-14(11-17)21-15-7-6-12(2)10-13(15)3/h6-7,10,14,18H,5,8-9,11H2,1-4H3. The van der Waals surface area contributed by atoms with Gasteiger partial charge in [-0.1, -0.05) is 17.7 Å². The van der Waals surface area contributed by atoms with E-state index in [-0.39, 0.29) is 12.1 Å². The summed E-state index contributed by atoms with van der Waals surface area (Å²) in [6.45, 7) is 6.36. The molecule has 1 aliphatic rings. The zero-order chi connectivity index (χ0) is 15.5. The molecule has 0 bridgehead atoms. The average Bonchev–Trinajstić information content (AvgIpc) is 2.87. The molecule has 0 aromatic heterocycles. The smallest absolute Gasteiger partial charge is 0.326 e. The number of carbonyl (C=O) groups excluding carboxylic acids is 1. The van der Waals surface area contributed by atoms with Crippen LogP contribution in [-0.2, 0) is 9.53 Å². The van der Waals surface area contributed by atoms with Crippen molar-refractivity contribution in [2.75, 3.05) is 13.7 Å². The summed E-state index contributed by atoms with van der Waals surface area (Å²) in [7, 11) is 1.82. The Labute approximate surface area is 126 Å². The Bertz CT molecular complexity index is 515. The third-order valence-electron chi connectivity index (χ3n) is 4.24. The van der Waals surface area contributed by atoms with Crippen molar-refractivity contribution in [1.29, 1.82) is 0 Å². The number of rotatable bonds is 5. The number of ether oxygens (including phenoxy) is 2. The zero-order valence-electron chi connectivity index (χ0n) is 13.4. The summed E-state index contributed by atoms with van der Waals surface area (Å²) >= 11 is 0. The van der Waals surface area contributed by atoms with Gasteiger partial charge in [0.15, 0.2) is 0 Å². The summed E-state index contributed by atoms with van der Waals surface area (Å²) in [5.74, 6) is 0.737. The van der Waals surface area contributed by atoms with Crippen LogP contribution >= 0.6 is 0 Å². The predicted molar refractivity (Wildman–Crippen MR) is 82.6 cm³/mol. The zero-order valence-corrected chi connectivity index (χ0v) is 13.4. The van der Waals surface area contributed by atoms with Gasteiger partial charge in [-0.15, -0.1) is 0 Å². The highest BCUT2D eigenvalue weighted by molar-refractivity contribution is 5.81. The number of esters is 1. The summed E-state index contributed by atoms with van der Waals surface area (Å²) in [4.78, 5) is 12.2. The second kappa shape index (κ2) is 6.48. The SMILES string of the molecule is CCOC(=O)C1(NC)CCC(Oc2ccc(C)cc2C)C1. The Kier molecular flexibility index (Phi) is 4.88. The van der Waals surface area contributed by atoms with Crippen LogP contribution in [0.25, 0.3) is 0 Å². The number of carbonyl (C=O) groups is 1. The van der Waals surface area contributed by atoms with Crippen molar-refractivity contribution in [2.24, 2.45) is 0 Å². The van der Waals surface area contributed by atoms with Crippen molar-refractivity contribution >= 4 is 5.97 Å². The highest BCUT2D eigenvalue weighted by Crippen LogP contribution is 2.34. The highest BCUT2D eigenvalue weighted by atomic mass is 16.5. The van der Waals surface area contributed by atoms with Crippen LogP contribution in [0.1, 0.15) is 37.3 Å². The number of aryl methyl sites for hydroxylation is 2. The molecule has 1 aliphatic carbocycles. The van der Waals surface area contributed by atoms with Crippen molar-refractivity contribution in [2.45, 2.75) is 51.7 Å². The van der Waals surface area contributed by atoms with Crippen LogP contribution in [0.15, 0.2) is 18.2 Å². The molecular weight excluding hydrogens is 266 g/mol. The lowest BCUT2D eigenvalue weighted by molar-refractivity contribution is -0.151. The molecule has 0 radical (unpaired) electrons. The van der Waals surface area contributed by atoms with Crippen molar-refractivity contribution in [3.8, 4) is 5.75 Å². The molecule has 21 heavy (non-hydrogen) atoms. The van der Waals surface area contributed by atoms with Crippen molar-refractivity contribution in [3.05, 3.63) is 29.3 Å². The third kappa shape index (κ3) is 3.38. The van der Waals surface area contributed by atoms with Gasteiger partial charge >= 0.3 is 5.97 Å². The van der Waals surface area contributed by atoms with E-state index in [1.165, 1.54) is 5.56 Å². The second-order valence-corrected chi connectivity index (χ2v) is 5.80. The maximum Gasteiger partial charge on any atom is 0.326 e. The predicted octanol–water partition coefficient (Wildman–Crippen LogP) is 2.76. The first-order valence-electron chi connectivity index (χ1n) is 7.61. The first-order chi connectivity index (χ1) is 10.0. The minimum absolute atomic E-state index is 0.0447. The fourth-order valence-electron chi connectivity index (χ4n) is 3.00. The average molecular weight is 291 g/mol. The molecular formula is C17H25NO3. The maximum absolute atomic E-state index is 12.2. The van der Waals surface area contributed by atoms with Crippen LogP contribution in [0.5, 0.6) is 5.75 Å². The normalized spacial score (nSPS) is 24.9. The van der Waals surface area contributed by atoms with Gasteiger partial charge in [-0.25, -0.2) is 0 Å². The highest BCUT2D eigenvalue weighted by Gasteiger charge is 2.46. The minimum atomic E-state index is -0.598. The molecule has 0 aliphatic heterocycles. The molecule has 2 atom stereocenters. The van der Waals surface area contributed by atoms with Crippen molar-refractivity contribution < 1.29 is 14.3 Å². The summed E-state index contributed by atoms with van der Waals surface area (Å²) < 4.78 is 11.3. The Hall–Kier alpha value is -1.55. The van der Waals surface area contributed by atoms with Crippen LogP contribution in [0, 0.1) is 13.8 Å². The summed E-state index contributed by atoms with van der Waals surface area (Å²) in [5.41, 5.74) is 1.76. The van der Waals surface area contributed by atoms with Gasteiger partial charge in [0.1, 0.15) is 17.4 Å². The third-order valence-corrected chi connectivity index (χ3v) is 4.24. The Morgan fingerprint density at radius 2 is 2.19 bits per heavy atom. The van der Waals surface area contributed by atoms with Gasteiger partial charge in [0.2, 0.25) is 0 Å². The molecule has 1 aromatic rings. The van der Waals surface area contributed by atoms with E-state index in [0.717, 1.165) is 24.2 Å². The lowest BCUT2D eigenvalue weighted by atomic mass is 9.98. The first-order valence-corrected chi connectivity index (χ1v) is 7.61. The second-order valence-electron chi connectivity index (χ2n) is 5.80. The van der Waals surface area contributed by atoms with Crippen molar-refractivity contribution in [3.63, 3.8) is 0 Å². The van der Waals surface area contributed by atoms with Gasteiger partial charge < -0.3 is 14.8 Å². The number of likely N-dealkylation sites (N-methyl/N-ethyl adjacent to an activating group) is 1. The van der Waals surface area contributed by atoms with E-state index in [0.29, 0.717) is 13.0 Å². The monoisotopic (exact) mass is 291 g/mol. The molecule has 2 unspecified atom stereocenters. The number of hydrogen-bond acceptors (Lipinski definition) is 4. The van der Waals surface area contributed by atoms with E-state index in [1.54, 1.807) is 0 Å². The van der Waals surface area contributed by atoms with Gasteiger partial charge in [-0.2, -0.15) is 0 Å². The quantitative estimate of drug-likeness (QED) is 0.847. The number of hydrogen-bond donors (Lipinski definition) is 1. The largest absolute Gasteiger partial charge is 0.490 e. The van der Waals surface area contributed by atoms with Crippen molar-refractivity contribution in [1.82, 2.24) is 5.32 Å². The molecule has 1 aromatic carbocycles. The molecule has 4 nitrogen and oxygen atoms in total. The maximum atomic E-state index is 12.2. The van der Waals surface area contributed by atoms with E-state index < -0.39 is 5.54 Å². The van der Waals surface area contributed by atoms with Gasteiger partial charge in [-0.05, 0) is 52.3 Å². The van der Waals surface area contributed by atoms with E-state index in [2.05, 4.69) is 18.3 Å². The van der Waals surface area contributed by atoms with Crippen LogP contribution in [0.3, 0.4) is 0 Å². The molecule has 116 valence electrons. The van der Waals surface area contributed by atoms with E-state index in [1.807, 2.05) is 33.0 Å². The first kappa shape index (κ1) is 15.8. The van der Waals surface area contributed by atoms with Crippen LogP contribution in [0.4, 0.5) is 0 Å². The van der Waals surface area contributed by atoms with Gasteiger partial charge in [-0.3, -0.25) is 4.79 Å². The van der Waals surface area contributed by atoms with E-state index in [4.69, 9.17) is 9.47 Å². The lowest BCUT2D eigenvalue weighted by Gasteiger charge is -2.26. The molecule has 1 N–H and O–H groups in total. The van der Waals surface area contributed by atoms with E-state index >= 15 is 0 Å². The molecule has 1 saturated carbocycles. The summed E-state index contributed by atoms with van der Waals surface area (Å²) in [5, 5.41) is 3.15. The Balaban J connectivity index is 2.06. The molecule has 0 spiro atoms.